The van der Waals surface area contributed by atoms with Crippen LogP contribution >= 0.6 is 23.2 Å². The minimum atomic E-state index is 0.0561. The molecule has 1 aliphatic rings. The van der Waals surface area contributed by atoms with E-state index in [-0.39, 0.29) is 11.7 Å². The maximum absolute atomic E-state index is 12.3. The van der Waals surface area contributed by atoms with Crippen LogP contribution in [0.25, 0.3) is 0 Å². The molecule has 0 N–H and O–H groups in total. The Kier molecular flexibility index (Phi) is 4.18. The van der Waals surface area contributed by atoms with Crippen LogP contribution in [0.5, 0.6) is 5.75 Å². The summed E-state index contributed by atoms with van der Waals surface area (Å²) in [6.07, 6.45) is 3.83. The molecule has 1 atom stereocenters. The standard InChI is InChI=1S/C14H16Cl2O2/c1-3-4-5-8-6-9-7-10(18-2)12(15)13(16)11(9)14(8)17/h7-8H,3-6H2,1-2H3. The van der Waals surface area contributed by atoms with Gasteiger partial charge in [-0.1, -0.05) is 43.0 Å². The largest absolute Gasteiger partial charge is 0.495 e. The fraction of sp³-hybridized carbons (Fsp3) is 0.500. The summed E-state index contributed by atoms with van der Waals surface area (Å²) >= 11 is 12.3. The monoisotopic (exact) mass is 286 g/mol. The van der Waals surface area contributed by atoms with Gasteiger partial charge >= 0.3 is 0 Å². The van der Waals surface area contributed by atoms with Crippen LogP contribution in [0, 0.1) is 5.92 Å². The molecule has 0 saturated heterocycles. The van der Waals surface area contributed by atoms with E-state index in [0.717, 1.165) is 31.2 Å². The Morgan fingerprint density at radius 2 is 2.11 bits per heavy atom. The molecule has 0 aromatic heterocycles. The Bertz CT molecular complexity index is 483. The third-order valence-corrected chi connectivity index (χ3v) is 4.31. The molecule has 0 fully saturated rings. The number of rotatable bonds is 4. The predicted molar refractivity (Wildman–Crippen MR) is 74.1 cm³/mol. The molecule has 0 heterocycles. The second-order valence-electron chi connectivity index (χ2n) is 4.65. The van der Waals surface area contributed by atoms with Crippen molar-refractivity contribution < 1.29 is 9.53 Å². The minimum absolute atomic E-state index is 0.0561. The summed E-state index contributed by atoms with van der Waals surface area (Å²) in [5.41, 5.74) is 1.57. The summed E-state index contributed by atoms with van der Waals surface area (Å²) in [6, 6.07) is 1.84. The third kappa shape index (κ3) is 2.24. The summed E-state index contributed by atoms with van der Waals surface area (Å²) in [7, 11) is 1.55. The van der Waals surface area contributed by atoms with Gasteiger partial charge in [0, 0.05) is 11.5 Å². The average Bonchev–Trinajstić information content (AvgIpc) is 2.68. The maximum atomic E-state index is 12.3. The molecule has 0 saturated carbocycles. The van der Waals surface area contributed by atoms with E-state index in [1.54, 1.807) is 7.11 Å². The van der Waals surface area contributed by atoms with Crippen molar-refractivity contribution in [2.45, 2.75) is 32.6 Å². The fourth-order valence-electron chi connectivity index (χ4n) is 2.47. The number of Topliss-reactive ketones (excluding diaryl/α,β-unsaturated/α-hetero) is 1. The van der Waals surface area contributed by atoms with E-state index in [0.29, 0.717) is 21.4 Å². The number of halogens is 2. The topological polar surface area (TPSA) is 26.3 Å². The highest BCUT2D eigenvalue weighted by atomic mass is 35.5. The highest BCUT2D eigenvalue weighted by Crippen LogP contribution is 2.42. The lowest BCUT2D eigenvalue weighted by Gasteiger charge is -2.08. The number of carbonyl (C=O) groups excluding carboxylic acids is 1. The average molecular weight is 287 g/mol. The second kappa shape index (κ2) is 5.50. The van der Waals surface area contributed by atoms with Gasteiger partial charge in [0.05, 0.1) is 12.1 Å². The summed E-state index contributed by atoms with van der Waals surface area (Å²) in [5, 5.41) is 0.678. The number of benzene rings is 1. The van der Waals surface area contributed by atoms with Gasteiger partial charge in [-0.25, -0.2) is 0 Å². The van der Waals surface area contributed by atoms with Gasteiger partial charge in [0.1, 0.15) is 10.8 Å². The first kappa shape index (κ1) is 13.7. The maximum Gasteiger partial charge on any atom is 0.168 e. The van der Waals surface area contributed by atoms with Crippen LogP contribution in [0.15, 0.2) is 6.07 Å². The van der Waals surface area contributed by atoms with Crippen LogP contribution in [0.1, 0.15) is 42.1 Å². The minimum Gasteiger partial charge on any atom is -0.495 e. The second-order valence-corrected chi connectivity index (χ2v) is 5.40. The molecule has 0 amide bonds. The van der Waals surface area contributed by atoms with E-state index in [2.05, 4.69) is 6.92 Å². The van der Waals surface area contributed by atoms with Crippen molar-refractivity contribution in [3.8, 4) is 5.75 Å². The highest BCUT2D eigenvalue weighted by Gasteiger charge is 2.34. The van der Waals surface area contributed by atoms with Crippen LogP contribution in [0.3, 0.4) is 0 Å². The third-order valence-electron chi connectivity index (χ3n) is 3.46. The Balaban J connectivity index is 2.37. The van der Waals surface area contributed by atoms with Gasteiger partial charge in [-0.05, 0) is 24.5 Å². The van der Waals surface area contributed by atoms with E-state index in [1.807, 2.05) is 6.07 Å². The van der Waals surface area contributed by atoms with Crippen molar-refractivity contribution in [2.75, 3.05) is 7.11 Å². The van der Waals surface area contributed by atoms with Gasteiger partial charge in [-0.15, -0.1) is 0 Å². The van der Waals surface area contributed by atoms with Gasteiger partial charge in [0.15, 0.2) is 5.78 Å². The summed E-state index contributed by atoms with van der Waals surface area (Å²) in [5.74, 6) is 0.734. The number of ether oxygens (including phenoxy) is 1. The van der Waals surface area contributed by atoms with Gasteiger partial charge in [0.25, 0.3) is 0 Å². The molecular weight excluding hydrogens is 271 g/mol. The van der Waals surface area contributed by atoms with Crippen molar-refractivity contribution in [1.82, 2.24) is 0 Å². The van der Waals surface area contributed by atoms with Gasteiger partial charge in [-0.2, -0.15) is 0 Å². The summed E-state index contributed by atoms with van der Waals surface area (Å²) < 4.78 is 5.18. The molecule has 1 aromatic carbocycles. The van der Waals surface area contributed by atoms with E-state index < -0.39 is 0 Å². The number of ketones is 1. The van der Waals surface area contributed by atoms with Gasteiger partial charge in [-0.3, -0.25) is 4.79 Å². The molecule has 4 heteroatoms. The number of carbonyl (C=O) groups is 1. The number of hydrogen-bond acceptors (Lipinski definition) is 2. The number of unbranched alkanes of at least 4 members (excludes halogenated alkanes) is 1. The number of fused-ring (bicyclic) bond motifs is 1. The van der Waals surface area contributed by atoms with Crippen molar-refractivity contribution in [3.63, 3.8) is 0 Å². The van der Waals surface area contributed by atoms with Crippen molar-refractivity contribution in [2.24, 2.45) is 5.92 Å². The molecule has 0 bridgehead atoms. The van der Waals surface area contributed by atoms with Gasteiger partial charge < -0.3 is 4.74 Å². The van der Waals surface area contributed by atoms with Crippen LogP contribution < -0.4 is 4.74 Å². The number of methoxy groups -OCH3 is 1. The zero-order valence-electron chi connectivity index (χ0n) is 10.6. The molecular formula is C14H16Cl2O2. The van der Waals surface area contributed by atoms with Crippen LogP contribution in [0.4, 0.5) is 0 Å². The first-order valence-corrected chi connectivity index (χ1v) is 6.94. The SMILES string of the molecule is CCCCC1Cc2cc(OC)c(Cl)c(Cl)c2C1=O. The molecule has 2 nitrogen and oxygen atoms in total. The quantitative estimate of drug-likeness (QED) is 0.812. The molecule has 1 unspecified atom stereocenters. The fourth-order valence-corrected chi connectivity index (χ4v) is 3.01. The van der Waals surface area contributed by atoms with E-state index in [1.165, 1.54) is 0 Å². The van der Waals surface area contributed by atoms with Crippen LogP contribution in [-0.2, 0) is 6.42 Å². The molecule has 2 rings (SSSR count). The molecule has 1 aliphatic carbocycles. The van der Waals surface area contributed by atoms with Crippen LogP contribution in [0.2, 0.25) is 10.0 Å². The smallest absolute Gasteiger partial charge is 0.168 e. The molecule has 1 aromatic rings. The van der Waals surface area contributed by atoms with E-state index in [4.69, 9.17) is 27.9 Å². The lowest BCUT2D eigenvalue weighted by Crippen LogP contribution is -2.08. The Morgan fingerprint density at radius 1 is 1.39 bits per heavy atom. The highest BCUT2D eigenvalue weighted by molar-refractivity contribution is 6.45. The first-order chi connectivity index (χ1) is 8.60. The molecule has 0 radical (unpaired) electrons. The first-order valence-electron chi connectivity index (χ1n) is 6.19. The lowest BCUT2D eigenvalue weighted by atomic mass is 9.98. The Morgan fingerprint density at radius 3 is 2.72 bits per heavy atom. The molecule has 0 spiro atoms. The predicted octanol–water partition coefficient (Wildman–Crippen LogP) is 4.55. The van der Waals surface area contributed by atoms with Crippen molar-refractivity contribution in [3.05, 3.63) is 27.2 Å². The Labute approximate surface area is 117 Å². The van der Waals surface area contributed by atoms with Gasteiger partial charge in [0.2, 0.25) is 0 Å². The summed E-state index contributed by atoms with van der Waals surface area (Å²) in [6.45, 7) is 2.12. The molecule has 0 aliphatic heterocycles. The zero-order valence-corrected chi connectivity index (χ0v) is 12.1. The zero-order chi connectivity index (χ0) is 13.3. The normalized spacial score (nSPS) is 18.0. The summed E-state index contributed by atoms with van der Waals surface area (Å²) in [4.78, 5) is 12.3. The molecule has 98 valence electrons. The van der Waals surface area contributed by atoms with Crippen molar-refractivity contribution in [1.29, 1.82) is 0 Å². The van der Waals surface area contributed by atoms with E-state index in [9.17, 15) is 4.79 Å². The molecule has 18 heavy (non-hydrogen) atoms. The van der Waals surface area contributed by atoms with Crippen LogP contribution in [-0.4, -0.2) is 12.9 Å². The number of hydrogen-bond donors (Lipinski definition) is 0. The Hall–Kier alpha value is -0.730. The lowest BCUT2D eigenvalue weighted by molar-refractivity contribution is 0.0929. The van der Waals surface area contributed by atoms with E-state index >= 15 is 0 Å². The van der Waals surface area contributed by atoms with Crippen molar-refractivity contribution >= 4 is 29.0 Å².